The van der Waals surface area contributed by atoms with Gasteiger partial charge in [-0.2, -0.15) is 0 Å². The number of hydrogen-bond acceptors (Lipinski definition) is 5. The van der Waals surface area contributed by atoms with Crippen LogP contribution in [0.25, 0.3) is 11.0 Å². The Morgan fingerprint density at radius 3 is 2.57 bits per heavy atom. The molecule has 1 aromatic carbocycles. The summed E-state index contributed by atoms with van der Waals surface area (Å²) in [6, 6.07) is 7.98. The van der Waals surface area contributed by atoms with Crippen molar-refractivity contribution >= 4 is 16.9 Å². The molecule has 122 valence electrons. The van der Waals surface area contributed by atoms with Crippen LogP contribution in [0.3, 0.4) is 0 Å². The summed E-state index contributed by atoms with van der Waals surface area (Å²) in [5.74, 6) is 1.79. The van der Waals surface area contributed by atoms with Crippen molar-refractivity contribution in [2.45, 2.75) is 12.8 Å². The van der Waals surface area contributed by atoms with Crippen LogP contribution in [0.4, 0.5) is 5.82 Å². The number of likely N-dealkylation sites (tertiary alicyclic amines) is 1. The number of nitrogens with zero attached hydrogens (tertiary/aromatic N) is 4. The summed E-state index contributed by atoms with van der Waals surface area (Å²) in [7, 11) is 0. The molecule has 0 radical (unpaired) electrons. The Morgan fingerprint density at radius 2 is 1.78 bits per heavy atom. The lowest BCUT2D eigenvalue weighted by Gasteiger charge is -2.23. The highest BCUT2D eigenvalue weighted by atomic mass is 16.3. The minimum Gasteiger partial charge on any atom is -0.396 e. The van der Waals surface area contributed by atoms with E-state index in [0.29, 0.717) is 11.8 Å². The van der Waals surface area contributed by atoms with E-state index in [4.69, 9.17) is 4.98 Å². The number of aromatic nitrogens is 2. The molecule has 3 heterocycles. The fourth-order valence-corrected chi connectivity index (χ4v) is 3.94. The minimum atomic E-state index is 0.260. The maximum absolute atomic E-state index is 9.77. The predicted octanol–water partition coefficient (Wildman–Crippen LogP) is 1.77. The van der Waals surface area contributed by atoms with E-state index in [0.717, 1.165) is 36.5 Å². The molecule has 2 aliphatic rings. The quantitative estimate of drug-likeness (QED) is 0.932. The molecule has 1 aromatic heterocycles. The molecule has 4 rings (SSSR count). The van der Waals surface area contributed by atoms with Crippen molar-refractivity contribution in [2.24, 2.45) is 11.8 Å². The second-order valence-electron chi connectivity index (χ2n) is 6.83. The molecule has 5 heteroatoms. The summed E-state index contributed by atoms with van der Waals surface area (Å²) >= 11 is 0. The molecule has 1 N–H and O–H groups in total. The molecule has 2 saturated heterocycles. The molecule has 2 fully saturated rings. The van der Waals surface area contributed by atoms with Gasteiger partial charge in [-0.15, -0.1) is 0 Å². The van der Waals surface area contributed by atoms with Crippen LogP contribution >= 0.6 is 0 Å². The third-order valence-corrected chi connectivity index (χ3v) is 5.26. The molecule has 23 heavy (non-hydrogen) atoms. The highest BCUT2D eigenvalue weighted by Crippen LogP contribution is 2.29. The molecule has 0 amide bonds. The molecule has 5 nitrogen and oxygen atoms in total. The SMILES string of the molecule is OC[C@@H]1CN(c2cnc3ccccc3n2)C[C@@H]1CN1CCCC1. The van der Waals surface area contributed by atoms with E-state index in [1.807, 2.05) is 30.5 Å². The van der Waals surface area contributed by atoms with Crippen molar-refractivity contribution < 1.29 is 5.11 Å². The van der Waals surface area contributed by atoms with Crippen LogP contribution in [-0.4, -0.2) is 59.3 Å². The Hall–Kier alpha value is -1.72. The van der Waals surface area contributed by atoms with Crippen molar-refractivity contribution in [3.63, 3.8) is 0 Å². The minimum absolute atomic E-state index is 0.260. The molecule has 0 aliphatic carbocycles. The fraction of sp³-hybridized carbons (Fsp3) is 0.556. The van der Waals surface area contributed by atoms with Gasteiger partial charge in [0, 0.05) is 32.2 Å². The van der Waals surface area contributed by atoms with E-state index in [9.17, 15) is 5.11 Å². The smallest absolute Gasteiger partial charge is 0.147 e. The van der Waals surface area contributed by atoms with Gasteiger partial charge in [0.15, 0.2) is 0 Å². The Labute approximate surface area is 137 Å². The van der Waals surface area contributed by atoms with E-state index >= 15 is 0 Å². The van der Waals surface area contributed by atoms with E-state index in [2.05, 4.69) is 14.8 Å². The van der Waals surface area contributed by atoms with Crippen molar-refractivity contribution in [2.75, 3.05) is 44.2 Å². The number of para-hydroxylation sites is 2. The molecule has 2 aromatic rings. The zero-order valence-electron chi connectivity index (χ0n) is 13.4. The van der Waals surface area contributed by atoms with Gasteiger partial charge in [-0.3, -0.25) is 4.98 Å². The Bertz CT molecular complexity index is 671. The van der Waals surface area contributed by atoms with Crippen molar-refractivity contribution in [3.05, 3.63) is 30.5 Å². The number of aliphatic hydroxyl groups is 1. The van der Waals surface area contributed by atoms with Gasteiger partial charge in [-0.05, 0) is 44.0 Å². The molecule has 0 saturated carbocycles. The van der Waals surface area contributed by atoms with Crippen LogP contribution in [0.1, 0.15) is 12.8 Å². The first-order valence-electron chi connectivity index (χ1n) is 8.63. The fourth-order valence-electron chi connectivity index (χ4n) is 3.94. The molecule has 0 bridgehead atoms. The Morgan fingerprint density at radius 1 is 1.04 bits per heavy atom. The zero-order valence-corrected chi connectivity index (χ0v) is 13.4. The number of fused-ring (bicyclic) bond motifs is 1. The van der Waals surface area contributed by atoms with Gasteiger partial charge in [0.05, 0.1) is 17.2 Å². The van der Waals surface area contributed by atoms with E-state index in [-0.39, 0.29) is 6.61 Å². The standard InChI is InChI=1S/C18H24N4O/c23-13-15-12-22(11-14(15)10-21-7-3-4-8-21)18-9-19-16-5-1-2-6-17(16)20-18/h1-2,5-6,9,14-15,23H,3-4,7-8,10-13H2/t14-,15-/m0/s1. The predicted molar refractivity (Wildman–Crippen MR) is 91.5 cm³/mol. The van der Waals surface area contributed by atoms with Crippen LogP contribution in [0.2, 0.25) is 0 Å². The van der Waals surface area contributed by atoms with Gasteiger partial charge < -0.3 is 14.9 Å². The lowest BCUT2D eigenvalue weighted by molar-refractivity contribution is 0.176. The molecule has 0 spiro atoms. The molecular weight excluding hydrogens is 288 g/mol. The van der Waals surface area contributed by atoms with Crippen molar-refractivity contribution in [1.82, 2.24) is 14.9 Å². The monoisotopic (exact) mass is 312 g/mol. The number of anilines is 1. The second kappa shape index (κ2) is 6.42. The van der Waals surface area contributed by atoms with E-state index < -0.39 is 0 Å². The van der Waals surface area contributed by atoms with Crippen molar-refractivity contribution in [1.29, 1.82) is 0 Å². The van der Waals surface area contributed by atoms with Gasteiger partial charge in [0.2, 0.25) is 0 Å². The van der Waals surface area contributed by atoms with Gasteiger partial charge >= 0.3 is 0 Å². The summed E-state index contributed by atoms with van der Waals surface area (Å²) in [5.41, 5.74) is 1.87. The van der Waals surface area contributed by atoms with Gasteiger partial charge in [-0.1, -0.05) is 12.1 Å². The van der Waals surface area contributed by atoms with Crippen LogP contribution < -0.4 is 4.90 Å². The third-order valence-electron chi connectivity index (χ3n) is 5.26. The molecular formula is C18H24N4O. The number of hydrogen-bond donors (Lipinski definition) is 1. The topological polar surface area (TPSA) is 52.5 Å². The Balaban J connectivity index is 1.51. The van der Waals surface area contributed by atoms with Crippen LogP contribution in [0.15, 0.2) is 30.5 Å². The summed E-state index contributed by atoms with van der Waals surface area (Å²) in [4.78, 5) is 14.1. The van der Waals surface area contributed by atoms with Gasteiger partial charge in [-0.25, -0.2) is 4.98 Å². The average Bonchev–Trinajstić information content (AvgIpc) is 3.24. The van der Waals surface area contributed by atoms with Gasteiger partial charge in [0.25, 0.3) is 0 Å². The second-order valence-corrected chi connectivity index (χ2v) is 6.83. The highest BCUT2D eigenvalue weighted by molar-refractivity contribution is 5.75. The maximum atomic E-state index is 9.77. The first kappa shape index (κ1) is 14.8. The highest BCUT2D eigenvalue weighted by Gasteiger charge is 2.34. The molecule has 2 atom stereocenters. The largest absolute Gasteiger partial charge is 0.396 e. The van der Waals surface area contributed by atoms with Crippen LogP contribution in [-0.2, 0) is 0 Å². The summed E-state index contributed by atoms with van der Waals surface area (Å²) in [6.45, 7) is 5.63. The van der Waals surface area contributed by atoms with E-state index in [1.165, 1.54) is 25.9 Å². The maximum Gasteiger partial charge on any atom is 0.147 e. The summed E-state index contributed by atoms with van der Waals surface area (Å²) < 4.78 is 0. The van der Waals surface area contributed by atoms with Crippen LogP contribution in [0, 0.1) is 11.8 Å². The first-order valence-corrected chi connectivity index (χ1v) is 8.63. The zero-order chi connectivity index (χ0) is 15.6. The normalized spacial score (nSPS) is 25.5. The summed E-state index contributed by atoms with van der Waals surface area (Å²) in [6.07, 6.45) is 4.50. The molecule has 2 aliphatic heterocycles. The summed E-state index contributed by atoms with van der Waals surface area (Å²) in [5, 5.41) is 9.77. The number of aliphatic hydroxyl groups excluding tert-OH is 1. The van der Waals surface area contributed by atoms with E-state index in [1.54, 1.807) is 0 Å². The Kier molecular flexibility index (Phi) is 4.14. The first-order chi connectivity index (χ1) is 11.3. The number of rotatable bonds is 4. The van der Waals surface area contributed by atoms with Crippen molar-refractivity contribution in [3.8, 4) is 0 Å². The lowest BCUT2D eigenvalue weighted by Crippen LogP contribution is -2.32. The van der Waals surface area contributed by atoms with Crippen LogP contribution in [0.5, 0.6) is 0 Å². The number of benzene rings is 1. The third kappa shape index (κ3) is 3.03. The average molecular weight is 312 g/mol. The van der Waals surface area contributed by atoms with Gasteiger partial charge in [0.1, 0.15) is 5.82 Å². The molecule has 0 unspecified atom stereocenters. The lowest BCUT2D eigenvalue weighted by atomic mass is 9.96.